The van der Waals surface area contributed by atoms with Crippen molar-refractivity contribution in [2.75, 3.05) is 7.11 Å². The molecule has 3 rings (SSSR count). The maximum absolute atomic E-state index is 13.0. The molecule has 152 valence electrons. The normalized spacial score (nSPS) is 16.3. The van der Waals surface area contributed by atoms with Crippen LogP contribution in [0.2, 0.25) is 10.0 Å². The highest BCUT2D eigenvalue weighted by Gasteiger charge is 2.36. The molecule has 0 saturated carbocycles. The first-order valence-corrected chi connectivity index (χ1v) is 9.68. The first kappa shape index (κ1) is 21.0. The van der Waals surface area contributed by atoms with Crippen LogP contribution in [0.5, 0.6) is 5.75 Å². The van der Waals surface area contributed by atoms with Crippen molar-refractivity contribution in [1.29, 1.82) is 0 Å². The third-order valence-electron chi connectivity index (χ3n) is 4.30. The van der Waals surface area contributed by atoms with Crippen molar-refractivity contribution in [2.24, 2.45) is 0 Å². The molecule has 1 aliphatic rings. The maximum Gasteiger partial charge on any atom is 0.338 e. The van der Waals surface area contributed by atoms with Crippen LogP contribution in [0.25, 0.3) is 5.70 Å². The summed E-state index contributed by atoms with van der Waals surface area (Å²) in [5, 5.41) is 6.11. The van der Waals surface area contributed by atoms with Gasteiger partial charge in [-0.05, 0) is 55.8 Å². The lowest BCUT2D eigenvalue weighted by atomic mass is 9.92. The lowest BCUT2D eigenvalue weighted by Crippen LogP contribution is -2.45. The van der Waals surface area contributed by atoms with Crippen LogP contribution in [-0.4, -0.2) is 25.2 Å². The number of hydrogen-bond acceptors (Lipinski definition) is 4. The Kier molecular flexibility index (Phi) is 6.35. The van der Waals surface area contributed by atoms with E-state index in [0.29, 0.717) is 32.6 Å². The molecule has 2 N–H and O–H groups in total. The summed E-state index contributed by atoms with van der Waals surface area (Å²) in [6, 6.07) is 10.6. The second-order valence-electron chi connectivity index (χ2n) is 6.64. The molecule has 0 fully saturated rings. The van der Waals surface area contributed by atoms with Gasteiger partial charge in [-0.25, -0.2) is 9.59 Å². The van der Waals surface area contributed by atoms with E-state index in [-0.39, 0.29) is 11.7 Å². The van der Waals surface area contributed by atoms with Gasteiger partial charge in [-0.3, -0.25) is 0 Å². The second kappa shape index (κ2) is 8.76. The van der Waals surface area contributed by atoms with Crippen LogP contribution in [0.1, 0.15) is 31.0 Å². The summed E-state index contributed by atoms with van der Waals surface area (Å²) >= 11 is 12.7. The summed E-state index contributed by atoms with van der Waals surface area (Å²) in [5.74, 6) is 0.0610. The van der Waals surface area contributed by atoms with Crippen LogP contribution in [0.15, 0.2) is 48.0 Å². The molecule has 6 nitrogen and oxygen atoms in total. The monoisotopic (exact) mass is 434 g/mol. The van der Waals surface area contributed by atoms with Crippen molar-refractivity contribution >= 4 is 40.9 Å². The van der Waals surface area contributed by atoms with E-state index < -0.39 is 18.0 Å². The molecule has 0 bridgehead atoms. The number of methoxy groups -OCH3 is 1. The van der Waals surface area contributed by atoms with Gasteiger partial charge in [0.25, 0.3) is 0 Å². The number of hydrogen-bond donors (Lipinski definition) is 2. The molecule has 0 spiro atoms. The molecule has 2 amide bonds. The number of rotatable bonds is 5. The van der Waals surface area contributed by atoms with Gasteiger partial charge in [0.15, 0.2) is 0 Å². The van der Waals surface area contributed by atoms with Gasteiger partial charge in [-0.1, -0.05) is 29.3 Å². The molecule has 8 heteroatoms. The van der Waals surface area contributed by atoms with Crippen LogP contribution in [0.3, 0.4) is 0 Å². The predicted molar refractivity (Wildman–Crippen MR) is 112 cm³/mol. The highest BCUT2D eigenvalue weighted by atomic mass is 35.5. The van der Waals surface area contributed by atoms with E-state index in [1.54, 1.807) is 63.4 Å². The summed E-state index contributed by atoms with van der Waals surface area (Å²) in [7, 11) is 1.56. The van der Waals surface area contributed by atoms with Gasteiger partial charge in [-0.2, -0.15) is 0 Å². The summed E-state index contributed by atoms with van der Waals surface area (Å²) in [4.78, 5) is 25.5. The van der Waals surface area contributed by atoms with Crippen molar-refractivity contribution in [3.63, 3.8) is 0 Å². The zero-order chi connectivity index (χ0) is 21.1. The zero-order valence-corrected chi connectivity index (χ0v) is 17.6. The number of amides is 2. The van der Waals surface area contributed by atoms with Gasteiger partial charge in [0.1, 0.15) is 5.75 Å². The Labute approximate surface area is 178 Å². The molecule has 29 heavy (non-hydrogen) atoms. The summed E-state index contributed by atoms with van der Waals surface area (Å²) in [5.41, 5.74) is 1.57. The quantitative estimate of drug-likeness (QED) is 0.667. The number of benzene rings is 2. The minimum atomic E-state index is -0.881. The Morgan fingerprint density at radius 2 is 1.69 bits per heavy atom. The Balaban J connectivity index is 2.22. The maximum atomic E-state index is 13.0. The fraction of sp³-hybridized carbons (Fsp3) is 0.238. The molecule has 1 unspecified atom stereocenters. The van der Waals surface area contributed by atoms with Crippen LogP contribution in [0, 0.1) is 0 Å². The van der Waals surface area contributed by atoms with Crippen LogP contribution in [-0.2, 0) is 9.53 Å². The fourth-order valence-electron chi connectivity index (χ4n) is 3.05. The van der Waals surface area contributed by atoms with E-state index in [0.717, 1.165) is 0 Å². The Morgan fingerprint density at radius 1 is 1.07 bits per heavy atom. The Morgan fingerprint density at radius 3 is 2.24 bits per heavy atom. The molecule has 0 radical (unpaired) electrons. The van der Waals surface area contributed by atoms with Crippen LogP contribution in [0.4, 0.5) is 4.79 Å². The van der Waals surface area contributed by atoms with E-state index in [9.17, 15) is 9.59 Å². The van der Waals surface area contributed by atoms with Gasteiger partial charge < -0.3 is 20.1 Å². The van der Waals surface area contributed by atoms with E-state index in [1.165, 1.54) is 0 Å². The van der Waals surface area contributed by atoms with Crippen molar-refractivity contribution in [3.05, 3.63) is 69.2 Å². The molecule has 1 aliphatic heterocycles. The first-order valence-electron chi connectivity index (χ1n) is 8.92. The molecule has 0 saturated heterocycles. The number of ether oxygens (including phenoxy) is 2. The third kappa shape index (κ3) is 4.49. The SMILES string of the molecule is COc1ccc(C2=C(C(=O)OC(C)C)C(c3c(Cl)cccc3Cl)NC(=O)N2)cc1. The molecule has 0 aromatic heterocycles. The molecular formula is C21H20Cl2N2O4. The zero-order valence-electron chi connectivity index (χ0n) is 16.1. The fourth-order valence-corrected chi connectivity index (χ4v) is 3.67. The van der Waals surface area contributed by atoms with Crippen molar-refractivity contribution in [3.8, 4) is 5.75 Å². The van der Waals surface area contributed by atoms with Crippen molar-refractivity contribution in [2.45, 2.75) is 26.0 Å². The van der Waals surface area contributed by atoms with Crippen LogP contribution < -0.4 is 15.4 Å². The number of carbonyl (C=O) groups is 2. The van der Waals surface area contributed by atoms with Crippen molar-refractivity contribution < 1.29 is 19.1 Å². The van der Waals surface area contributed by atoms with Crippen LogP contribution >= 0.6 is 23.2 Å². The highest BCUT2D eigenvalue weighted by Crippen LogP contribution is 2.39. The van der Waals surface area contributed by atoms with Gasteiger partial charge in [0.05, 0.1) is 30.5 Å². The predicted octanol–water partition coefficient (Wildman–Crippen LogP) is 4.72. The highest BCUT2D eigenvalue weighted by molar-refractivity contribution is 6.36. The minimum absolute atomic E-state index is 0.207. The first-order chi connectivity index (χ1) is 13.8. The lowest BCUT2D eigenvalue weighted by molar-refractivity contribution is -0.143. The van der Waals surface area contributed by atoms with E-state index in [4.69, 9.17) is 32.7 Å². The van der Waals surface area contributed by atoms with Gasteiger partial charge in [0, 0.05) is 15.6 Å². The topological polar surface area (TPSA) is 76.7 Å². The molecule has 1 heterocycles. The standard InChI is InChI=1S/C21H20Cl2N2O4/c1-11(2)29-20(26)17-18(12-7-9-13(28-3)10-8-12)24-21(27)25-19(17)16-14(22)5-4-6-15(16)23/h4-11,19H,1-3H3,(H2,24,25,27). The summed E-state index contributed by atoms with van der Waals surface area (Å²) in [6.07, 6.45) is -0.355. The van der Waals surface area contributed by atoms with E-state index >= 15 is 0 Å². The average molecular weight is 435 g/mol. The molecular weight excluding hydrogens is 415 g/mol. The Bertz CT molecular complexity index is 951. The minimum Gasteiger partial charge on any atom is -0.497 e. The largest absolute Gasteiger partial charge is 0.497 e. The smallest absolute Gasteiger partial charge is 0.338 e. The number of esters is 1. The van der Waals surface area contributed by atoms with Gasteiger partial charge in [-0.15, -0.1) is 0 Å². The molecule has 0 aliphatic carbocycles. The Hall–Kier alpha value is -2.70. The van der Waals surface area contributed by atoms with E-state index in [2.05, 4.69) is 10.6 Å². The number of carbonyl (C=O) groups excluding carboxylic acids is 2. The summed E-state index contributed by atoms with van der Waals surface area (Å²) < 4.78 is 10.6. The second-order valence-corrected chi connectivity index (χ2v) is 7.45. The van der Waals surface area contributed by atoms with Gasteiger partial charge in [0.2, 0.25) is 0 Å². The lowest BCUT2D eigenvalue weighted by Gasteiger charge is -2.31. The molecule has 1 atom stereocenters. The molecule has 2 aromatic rings. The number of halogens is 2. The number of nitrogens with one attached hydrogen (secondary N) is 2. The summed E-state index contributed by atoms with van der Waals surface area (Å²) in [6.45, 7) is 3.50. The average Bonchev–Trinajstić information content (AvgIpc) is 2.67. The van der Waals surface area contributed by atoms with Crippen molar-refractivity contribution in [1.82, 2.24) is 10.6 Å². The molecule has 2 aromatic carbocycles. The van der Waals surface area contributed by atoms with E-state index in [1.807, 2.05) is 0 Å². The number of urea groups is 1. The van der Waals surface area contributed by atoms with Gasteiger partial charge >= 0.3 is 12.0 Å². The third-order valence-corrected chi connectivity index (χ3v) is 4.96.